The van der Waals surface area contributed by atoms with E-state index in [-0.39, 0.29) is 13.2 Å². The number of nitrogens with zero attached hydrogens (tertiary/aromatic N) is 1. The number of sulfonamides is 1. The average molecular weight is 459 g/mol. The molecule has 6 nitrogen and oxygen atoms in total. The summed E-state index contributed by atoms with van der Waals surface area (Å²) in [6, 6.07) is 10.8. The summed E-state index contributed by atoms with van der Waals surface area (Å²) in [5.41, 5.74) is 1.28. The Bertz CT molecular complexity index is 967. The number of halogens is 2. The monoisotopic (exact) mass is 458 g/mol. The van der Waals surface area contributed by atoms with Crippen molar-refractivity contribution in [3.63, 3.8) is 0 Å². The molecule has 29 heavy (non-hydrogen) atoms. The van der Waals surface area contributed by atoms with Gasteiger partial charge < -0.3 is 10.1 Å². The van der Waals surface area contributed by atoms with Gasteiger partial charge in [0, 0.05) is 10.0 Å². The van der Waals surface area contributed by atoms with Crippen molar-refractivity contribution in [3.05, 3.63) is 58.1 Å². The molecule has 0 bridgehead atoms. The first kappa shape index (κ1) is 23.3. The van der Waals surface area contributed by atoms with E-state index in [0.717, 1.165) is 16.1 Å². The Labute approximate surface area is 181 Å². The van der Waals surface area contributed by atoms with Gasteiger partial charge in [-0.1, -0.05) is 42.3 Å². The van der Waals surface area contributed by atoms with Gasteiger partial charge >= 0.3 is 0 Å². The summed E-state index contributed by atoms with van der Waals surface area (Å²) in [7, 11) is -3.71. The molecule has 2 aromatic rings. The smallest absolute Gasteiger partial charge is 0.244 e. The number of nitrogens with one attached hydrogen (secondary N) is 1. The lowest BCUT2D eigenvalue weighted by Crippen LogP contribution is -2.50. The molecule has 0 saturated carbocycles. The molecular formula is C20H24Cl2N2O4S. The van der Waals surface area contributed by atoms with Gasteiger partial charge in [0.1, 0.15) is 18.4 Å². The Morgan fingerprint density at radius 3 is 2.52 bits per heavy atom. The van der Waals surface area contributed by atoms with Crippen LogP contribution in [0.15, 0.2) is 42.5 Å². The van der Waals surface area contributed by atoms with Gasteiger partial charge in [-0.25, -0.2) is 8.42 Å². The second-order valence-electron chi connectivity index (χ2n) is 6.51. The quantitative estimate of drug-likeness (QED) is 0.575. The molecule has 0 aromatic heterocycles. The Balaban J connectivity index is 2.04. The third-order valence-corrected chi connectivity index (χ3v) is 6.03. The summed E-state index contributed by atoms with van der Waals surface area (Å²) in [5, 5.41) is 3.72. The zero-order chi connectivity index (χ0) is 21.6. The van der Waals surface area contributed by atoms with Crippen molar-refractivity contribution >= 4 is 44.8 Å². The normalized spacial score (nSPS) is 12.3. The number of ether oxygens (including phenoxy) is 1. The molecule has 1 N–H and O–H groups in total. The standard InChI is InChI=1S/C20H24Cl2N2O4S/c1-4-19(24(29(3,26)27)16-7-5-6-15(21)12-16)20(25)23-10-11-28-17-9-8-14(2)18(22)13-17/h5-9,12-13,19H,4,10-11H2,1-3H3,(H,23,25). The zero-order valence-electron chi connectivity index (χ0n) is 16.5. The summed E-state index contributed by atoms with van der Waals surface area (Å²) in [6.45, 7) is 4.08. The summed E-state index contributed by atoms with van der Waals surface area (Å²) >= 11 is 12.1. The highest BCUT2D eigenvalue weighted by atomic mass is 35.5. The summed E-state index contributed by atoms with van der Waals surface area (Å²) in [4.78, 5) is 12.7. The molecule has 2 rings (SSSR count). The fourth-order valence-corrected chi connectivity index (χ4v) is 4.36. The van der Waals surface area contributed by atoms with Crippen LogP contribution >= 0.6 is 23.2 Å². The highest BCUT2D eigenvalue weighted by Gasteiger charge is 2.31. The second kappa shape index (κ2) is 10.2. The first-order valence-electron chi connectivity index (χ1n) is 9.05. The van der Waals surface area contributed by atoms with Crippen LogP contribution in [0.1, 0.15) is 18.9 Å². The second-order valence-corrected chi connectivity index (χ2v) is 9.22. The molecule has 1 unspecified atom stereocenters. The van der Waals surface area contributed by atoms with Crippen LogP contribution in [0.2, 0.25) is 10.0 Å². The predicted molar refractivity (Wildman–Crippen MR) is 118 cm³/mol. The number of carbonyl (C=O) groups excluding carboxylic acids is 1. The zero-order valence-corrected chi connectivity index (χ0v) is 18.8. The number of hydrogen-bond acceptors (Lipinski definition) is 4. The number of rotatable bonds is 9. The minimum atomic E-state index is -3.71. The molecule has 2 aromatic carbocycles. The lowest BCUT2D eigenvalue weighted by Gasteiger charge is -2.30. The van der Waals surface area contributed by atoms with E-state index in [9.17, 15) is 13.2 Å². The SMILES string of the molecule is CCC(C(=O)NCCOc1ccc(C)c(Cl)c1)N(c1cccc(Cl)c1)S(C)(=O)=O. The molecule has 0 heterocycles. The predicted octanol–water partition coefficient (Wildman–Crippen LogP) is 4.04. The van der Waals surface area contributed by atoms with Crippen molar-refractivity contribution in [2.75, 3.05) is 23.7 Å². The molecule has 1 amide bonds. The van der Waals surface area contributed by atoms with Crippen LogP contribution in [0.3, 0.4) is 0 Å². The van der Waals surface area contributed by atoms with E-state index in [0.29, 0.717) is 27.9 Å². The molecule has 0 spiro atoms. The van der Waals surface area contributed by atoms with Crippen LogP contribution < -0.4 is 14.4 Å². The maximum Gasteiger partial charge on any atom is 0.244 e. The minimum absolute atomic E-state index is 0.216. The molecule has 1 atom stereocenters. The molecular weight excluding hydrogens is 435 g/mol. The lowest BCUT2D eigenvalue weighted by molar-refractivity contribution is -0.122. The topological polar surface area (TPSA) is 75.7 Å². The Hall–Kier alpha value is -1.96. The number of amides is 1. The highest BCUT2D eigenvalue weighted by Crippen LogP contribution is 2.25. The first-order valence-corrected chi connectivity index (χ1v) is 11.7. The molecule has 0 aliphatic heterocycles. The van der Waals surface area contributed by atoms with Crippen LogP contribution in [-0.2, 0) is 14.8 Å². The molecule has 0 aliphatic rings. The van der Waals surface area contributed by atoms with Crippen molar-refractivity contribution < 1.29 is 17.9 Å². The fourth-order valence-electron chi connectivity index (χ4n) is 2.80. The van der Waals surface area contributed by atoms with Crippen molar-refractivity contribution in [2.24, 2.45) is 0 Å². The van der Waals surface area contributed by atoms with Gasteiger partial charge in [-0.05, 0) is 49.2 Å². The molecule has 0 fully saturated rings. The molecule has 158 valence electrons. The van der Waals surface area contributed by atoms with Crippen LogP contribution in [0, 0.1) is 6.92 Å². The van der Waals surface area contributed by atoms with E-state index in [4.69, 9.17) is 27.9 Å². The number of aryl methyl sites for hydroxylation is 1. The van der Waals surface area contributed by atoms with Crippen LogP contribution in [0.4, 0.5) is 5.69 Å². The van der Waals surface area contributed by atoms with Gasteiger partial charge in [-0.3, -0.25) is 9.10 Å². The largest absolute Gasteiger partial charge is 0.492 e. The van der Waals surface area contributed by atoms with Crippen LogP contribution in [0.25, 0.3) is 0 Å². The number of anilines is 1. The molecule has 0 saturated heterocycles. The third kappa shape index (κ3) is 6.52. The van der Waals surface area contributed by atoms with Gasteiger partial charge in [0.15, 0.2) is 0 Å². The van der Waals surface area contributed by atoms with Gasteiger partial charge in [0.25, 0.3) is 0 Å². The minimum Gasteiger partial charge on any atom is -0.492 e. The maximum atomic E-state index is 12.7. The van der Waals surface area contributed by atoms with E-state index in [1.165, 1.54) is 6.07 Å². The fraction of sp³-hybridized carbons (Fsp3) is 0.350. The molecule has 0 radical (unpaired) electrons. The average Bonchev–Trinajstić information content (AvgIpc) is 2.64. The van der Waals surface area contributed by atoms with Gasteiger partial charge in [0.2, 0.25) is 15.9 Å². The maximum absolute atomic E-state index is 12.7. The Morgan fingerprint density at radius 1 is 1.21 bits per heavy atom. The Kier molecular flexibility index (Phi) is 8.19. The lowest BCUT2D eigenvalue weighted by atomic mass is 10.2. The van der Waals surface area contributed by atoms with Crippen molar-refractivity contribution in [1.29, 1.82) is 0 Å². The van der Waals surface area contributed by atoms with Crippen molar-refractivity contribution in [3.8, 4) is 5.75 Å². The van der Waals surface area contributed by atoms with Crippen LogP contribution in [0.5, 0.6) is 5.75 Å². The number of hydrogen-bond donors (Lipinski definition) is 1. The van der Waals surface area contributed by atoms with E-state index < -0.39 is 22.0 Å². The summed E-state index contributed by atoms with van der Waals surface area (Å²) in [5.74, 6) is 0.182. The van der Waals surface area contributed by atoms with Crippen LogP contribution in [-0.4, -0.2) is 39.8 Å². The van der Waals surface area contributed by atoms with Crippen molar-refractivity contribution in [1.82, 2.24) is 5.32 Å². The van der Waals surface area contributed by atoms with E-state index >= 15 is 0 Å². The Morgan fingerprint density at radius 2 is 1.93 bits per heavy atom. The van der Waals surface area contributed by atoms with E-state index in [1.54, 1.807) is 37.3 Å². The molecule has 0 aliphatic carbocycles. The van der Waals surface area contributed by atoms with Gasteiger partial charge in [-0.15, -0.1) is 0 Å². The first-order chi connectivity index (χ1) is 13.6. The number of benzene rings is 2. The molecule has 9 heteroatoms. The van der Waals surface area contributed by atoms with E-state index in [1.807, 2.05) is 13.0 Å². The number of carbonyl (C=O) groups is 1. The van der Waals surface area contributed by atoms with Gasteiger partial charge in [0.05, 0.1) is 18.5 Å². The van der Waals surface area contributed by atoms with Gasteiger partial charge in [-0.2, -0.15) is 0 Å². The third-order valence-electron chi connectivity index (χ3n) is 4.21. The van der Waals surface area contributed by atoms with E-state index in [2.05, 4.69) is 5.32 Å². The highest BCUT2D eigenvalue weighted by molar-refractivity contribution is 7.92. The summed E-state index contributed by atoms with van der Waals surface area (Å²) < 4.78 is 31.5. The summed E-state index contributed by atoms with van der Waals surface area (Å²) in [6.07, 6.45) is 1.36. The van der Waals surface area contributed by atoms with Crippen molar-refractivity contribution in [2.45, 2.75) is 26.3 Å².